The highest BCUT2D eigenvalue weighted by Crippen LogP contribution is 2.27. The summed E-state index contributed by atoms with van der Waals surface area (Å²) in [7, 11) is -3.42. The molecule has 1 aliphatic rings. The summed E-state index contributed by atoms with van der Waals surface area (Å²) in [5.74, 6) is 0. The van der Waals surface area contributed by atoms with Gasteiger partial charge in [-0.1, -0.05) is 0 Å². The van der Waals surface area contributed by atoms with Crippen molar-refractivity contribution in [3.05, 3.63) is 23.9 Å². The van der Waals surface area contributed by atoms with E-state index in [-0.39, 0.29) is 12.1 Å². The van der Waals surface area contributed by atoms with E-state index in [1.165, 1.54) is 0 Å². The number of fused-ring (bicyclic) bond motifs is 1. The normalized spacial score (nSPS) is 16.2. The zero-order chi connectivity index (χ0) is 14.5. The van der Waals surface area contributed by atoms with Gasteiger partial charge >= 0.3 is 0 Å². The quantitative estimate of drug-likeness (QED) is 0.941. The van der Waals surface area contributed by atoms with Crippen molar-refractivity contribution in [3.63, 3.8) is 0 Å². The van der Waals surface area contributed by atoms with Gasteiger partial charge in [-0.3, -0.25) is 4.68 Å². The number of sulfonamides is 1. The molecule has 1 aliphatic carbocycles. The largest absolute Gasteiger partial charge is 0.262 e. The van der Waals surface area contributed by atoms with Crippen LogP contribution in [0, 0.1) is 6.92 Å². The van der Waals surface area contributed by atoms with E-state index < -0.39 is 10.0 Å². The van der Waals surface area contributed by atoms with Crippen molar-refractivity contribution in [3.8, 4) is 0 Å². The van der Waals surface area contributed by atoms with Crippen molar-refractivity contribution in [2.75, 3.05) is 0 Å². The van der Waals surface area contributed by atoms with Crippen LogP contribution in [0.1, 0.15) is 38.3 Å². The van der Waals surface area contributed by atoms with Crippen molar-refractivity contribution < 1.29 is 8.42 Å². The summed E-state index contributed by atoms with van der Waals surface area (Å²) < 4.78 is 29.3. The van der Waals surface area contributed by atoms with E-state index in [4.69, 9.17) is 0 Å². The number of hydrogen-bond donors (Lipinski definition) is 1. The van der Waals surface area contributed by atoms with E-state index >= 15 is 0 Å². The Morgan fingerprint density at radius 3 is 2.65 bits per heavy atom. The van der Waals surface area contributed by atoms with Gasteiger partial charge in [0.2, 0.25) is 10.0 Å². The van der Waals surface area contributed by atoms with E-state index in [9.17, 15) is 8.42 Å². The number of rotatable bonds is 4. The first-order chi connectivity index (χ1) is 9.38. The molecule has 1 aromatic carbocycles. The monoisotopic (exact) mass is 293 g/mol. The van der Waals surface area contributed by atoms with Crippen LogP contribution < -0.4 is 4.72 Å². The first-order valence-electron chi connectivity index (χ1n) is 6.88. The Hall–Kier alpha value is -1.40. The molecule has 2 aromatic rings. The summed E-state index contributed by atoms with van der Waals surface area (Å²) in [5, 5.41) is 5.36. The SMILES string of the molecule is Cc1cc(S(=O)(=O)NC2CC2)cc2c1cnn2C(C)C. The van der Waals surface area contributed by atoms with Crippen molar-refractivity contribution in [1.82, 2.24) is 14.5 Å². The molecule has 3 rings (SSSR count). The summed E-state index contributed by atoms with van der Waals surface area (Å²) in [6, 6.07) is 3.76. The predicted molar refractivity (Wildman–Crippen MR) is 78.2 cm³/mol. The molecule has 1 aromatic heterocycles. The second-order valence-electron chi connectivity index (χ2n) is 5.75. The number of aryl methyl sites for hydroxylation is 1. The predicted octanol–water partition coefficient (Wildman–Crippen LogP) is 2.37. The molecule has 1 saturated carbocycles. The number of nitrogens with one attached hydrogen (secondary N) is 1. The molecule has 0 radical (unpaired) electrons. The third-order valence-electron chi connectivity index (χ3n) is 3.60. The average molecular weight is 293 g/mol. The molecule has 0 aliphatic heterocycles. The number of aromatic nitrogens is 2. The van der Waals surface area contributed by atoms with Crippen LogP contribution in [-0.2, 0) is 10.0 Å². The molecule has 0 unspecified atom stereocenters. The maximum absolute atomic E-state index is 12.3. The van der Waals surface area contributed by atoms with Gasteiger partial charge in [0, 0.05) is 17.5 Å². The van der Waals surface area contributed by atoms with Crippen molar-refractivity contribution in [2.24, 2.45) is 0 Å². The van der Waals surface area contributed by atoms with E-state index in [1.54, 1.807) is 18.3 Å². The van der Waals surface area contributed by atoms with Crippen LogP contribution in [0.25, 0.3) is 10.9 Å². The Labute approximate surface area is 119 Å². The third kappa shape index (κ3) is 2.33. The minimum Gasteiger partial charge on any atom is -0.262 e. The number of hydrogen-bond acceptors (Lipinski definition) is 3. The standard InChI is InChI=1S/C14H19N3O2S/c1-9(2)17-14-7-12(6-10(3)13(14)8-15-17)20(18,19)16-11-4-5-11/h6-9,11,16H,4-5H2,1-3H3. The van der Waals surface area contributed by atoms with E-state index in [0.29, 0.717) is 4.90 Å². The highest BCUT2D eigenvalue weighted by atomic mass is 32.2. The van der Waals surface area contributed by atoms with Gasteiger partial charge < -0.3 is 0 Å². The maximum Gasteiger partial charge on any atom is 0.240 e. The van der Waals surface area contributed by atoms with Gasteiger partial charge in [0.15, 0.2) is 0 Å². The Balaban J connectivity index is 2.14. The molecule has 1 heterocycles. The summed E-state index contributed by atoms with van der Waals surface area (Å²) in [6.45, 7) is 5.99. The lowest BCUT2D eigenvalue weighted by Gasteiger charge is -2.10. The molecule has 0 atom stereocenters. The maximum atomic E-state index is 12.3. The Kier molecular flexibility index (Phi) is 3.10. The summed E-state index contributed by atoms with van der Waals surface area (Å²) in [4.78, 5) is 0.330. The fraction of sp³-hybridized carbons (Fsp3) is 0.500. The Bertz CT molecular complexity index is 758. The lowest BCUT2D eigenvalue weighted by atomic mass is 10.1. The number of nitrogens with zero attached hydrogens (tertiary/aromatic N) is 2. The van der Waals surface area contributed by atoms with Gasteiger partial charge in [-0.05, 0) is 51.3 Å². The molecule has 5 nitrogen and oxygen atoms in total. The van der Waals surface area contributed by atoms with Crippen molar-refractivity contribution >= 4 is 20.9 Å². The highest BCUT2D eigenvalue weighted by Gasteiger charge is 2.28. The van der Waals surface area contributed by atoms with Gasteiger partial charge in [-0.2, -0.15) is 5.10 Å². The molecule has 1 fully saturated rings. The van der Waals surface area contributed by atoms with Gasteiger partial charge in [0.25, 0.3) is 0 Å². The van der Waals surface area contributed by atoms with E-state index in [2.05, 4.69) is 9.82 Å². The molecule has 20 heavy (non-hydrogen) atoms. The second-order valence-corrected chi connectivity index (χ2v) is 7.47. The van der Waals surface area contributed by atoms with Crippen molar-refractivity contribution in [1.29, 1.82) is 0 Å². The number of benzene rings is 1. The van der Waals surface area contributed by atoms with Crippen LogP contribution in [0.3, 0.4) is 0 Å². The van der Waals surface area contributed by atoms with Crippen LogP contribution in [0.2, 0.25) is 0 Å². The van der Waals surface area contributed by atoms with Gasteiger partial charge in [0.05, 0.1) is 16.6 Å². The van der Waals surface area contributed by atoms with Crippen LogP contribution in [-0.4, -0.2) is 24.2 Å². The minimum absolute atomic E-state index is 0.117. The van der Waals surface area contributed by atoms with Crippen LogP contribution >= 0.6 is 0 Å². The van der Waals surface area contributed by atoms with Gasteiger partial charge in [0.1, 0.15) is 0 Å². The molecule has 1 N–H and O–H groups in total. The first-order valence-corrected chi connectivity index (χ1v) is 8.37. The lowest BCUT2D eigenvalue weighted by Crippen LogP contribution is -2.25. The average Bonchev–Trinajstić information content (AvgIpc) is 3.04. The molecular weight excluding hydrogens is 274 g/mol. The Morgan fingerprint density at radius 2 is 2.05 bits per heavy atom. The molecule has 0 amide bonds. The third-order valence-corrected chi connectivity index (χ3v) is 5.10. The minimum atomic E-state index is -3.42. The topological polar surface area (TPSA) is 64.0 Å². The fourth-order valence-corrected chi connectivity index (χ4v) is 3.75. The van der Waals surface area contributed by atoms with Gasteiger partial charge in [-0.15, -0.1) is 0 Å². The summed E-state index contributed by atoms with van der Waals surface area (Å²) in [6.07, 6.45) is 3.67. The fourth-order valence-electron chi connectivity index (χ4n) is 2.34. The zero-order valence-electron chi connectivity index (χ0n) is 11.9. The van der Waals surface area contributed by atoms with Crippen LogP contribution in [0.5, 0.6) is 0 Å². The molecule has 0 saturated heterocycles. The first kappa shape index (κ1) is 13.6. The molecular formula is C14H19N3O2S. The van der Waals surface area contributed by atoms with Gasteiger partial charge in [-0.25, -0.2) is 13.1 Å². The van der Waals surface area contributed by atoms with Crippen LogP contribution in [0.15, 0.2) is 23.2 Å². The molecule has 6 heteroatoms. The smallest absolute Gasteiger partial charge is 0.240 e. The second kappa shape index (κ2) is 4.56. The van der Waals surface area contributed by atoms with Crippen molar-refractivity contribution in [2.45, 2.75) is 50.6 Å². The summed E-state index contributed by atoms with van der Waals surface area (Å²) in [5.41, 5.74) is 1.81. The Morgan fingerprint density at radius 1 is 1.35 bits per heavy atom. The molecule has 0 spiro atoms. The summed E-state index contributed by atoms with van der Waals surface area (Å²) >= 11 is 0. The zero-order valence-corrected chi connectivity index (χ0v) is 12.7. The van der Waals surface area contributed by atoms with E-state index in [0.717, 1.165) is 29.3 Å². The molecule has 0 bridgehead atoms. The van der Waals surface area contributed by atoms with Crippen LogP contribution in [0.4, 0.5) is 0 Å². The highest BCUT2D eigenvalue weighted by molar-refractivity contribution is 7.89. The lowest BCUT2D eigenvalue weighted by molar-refractivity contribution is 0.550. The van der Waals surface area contributed by atoms with E-state index in [1.807, 2.05) is 25.5 Å². The molecule has 108 valence electrons.